The van der Waals surface area contributed by atoms with Gasteiger partial charge in [0.15, 0.2) is 0 Å². The van der Waals surface area contributed by atoms with Gasteiger partial charge in [0.05, 0.1) is 0 Å². The van der Waals surface area contributed by atoms with Gasteiger partial charge in [0, 0.05) is 9.79 Å². The summed E-state index contributed by atoms with van der Waals surface area (Å²) in [5.41, 5.74) is 7.48. The van der Waals surface area contributed by atoms with Gasteiger partial charge in [-0.1, -0.05) is 176 Å². The third kappa shape index (κ3) is 4.93. The Bertz CT molecular complexity index is 3120. The monoisotopic (exact) mass is 688 g/mol. The zero-order valence-electron chi connectivity index (χ0n) is 28.9. The third-order valence-corrected chi connectivity index (χ3v) is 12.1. The number of hydrogen-bond acceptors (Lipinski definition) is 1. The molecule has 0 saturated heterocycles. The highest BCUT2D eigenvalue weighted by Crippen LogP contribution is 2.45. The van der Waals surface area contributed by atoms with E-state index < -0.39 is 0 Å². The van der Waals surface area contributed by atoms with Crippen LogP contribution in [0, 0.1) is 0 Å². The van der Waals surface area contributed by atoms with Crippen LogP contribution in [0.3, 0.4) is 0 Å². The molecule has 0 nitrogen and oxygen atoms in total. The Morgan fingerprint density at radius 3 is 1.45 bits per heavy atom. The molecular formula is C52H32S. The number of fused-ring (bicyclic) bond motifs is 3. The van der Waals surface area contributed by atoms with Gasteiger partial charge < -0.3 is 0 Å². The van der Waals surface area contributed by atoms with Crippen molar-refractivity contribution in [3.8, 4) is 33.4 Å². The molecule has 1 heteroatoms. The van der Waals surface area contributed by atoms with E-state index in [0.29, 0.717) is 0 Å². The predicted octanol–water partition coefficient (Wildman–Crippen LogP) is 15.2. The van der Waals surface area contributed by atoms with Crippen molar-refractivity contribution >= 4 is 76.4 Å². The van der Waals surface area contributed by atoms with E-state index in [2.05, 4.69) is 194 Å². The highest BCUT2D eigenvalue weighted by Gasteiger charge is 2.17. The van der Waals surface area contributed by atoms with E-state index in [0.717, 1.165) is 0 Å². The minimum Gasteiger partial charge on any atom is -0.0894 e. The fraction of sp³-hybridized carbons (Fsp3) is 0. The molecule has 246 valence electrons. The summed E-state index contributed by atoms with van der Waals surface area (Å²) in [6.45, 7) is 0. The van der Waals surface area contributed by atoms with Crippen molar-refractivity contribution in [3.63, 3.8) is 0 Å². The second-order valence-electron chi connectivity index (χ2n) is 14.0. The Hall–Kier alpha value is -6.41. The number of hydrogen-bond donors (Lipinski definition) is 0. The van der Waals surface area contributed by atoms with Crippen molar-refractivity contribution in [1.29, 1.82) is 0 Å². The lowest BCUT2D eigenvalue weighted by atomic mass is 9.85. The molecule has 0 aliphatic carbocycles. The van der Waals surface area contributed by atoms with Crippen molar-refractivity contribution < 1.29 is 0 Å². The van der Waals surface area contributed by atoms with Crippen LogP contribution in [-0.4, -0.2) is 0 Å². The first-order valence-corrected chi connectivity index (χ1v) is 19.1. The Morgan fingerprint density at radius 1 is 0.264 bits per heavy atom. The molecule has 53 heavy (non-hydrogen) atoms. The van der Waals surface area contributed by atoms with E-state index in [4.69, 9.17) is 0 Å². The van der Waals surface area contributed by atoms with E-state index in [9.17, 15) is 0 Å². The average Bonchev–Trinajstić information content (AvgIpc) is 3.22. The normalized spacial score (nSPS) is 11.8. The van der Waals surface area contributed by atoms with E-state index in [1.54, 1.807) is 0 Å². The SMILES string of the molecule is c1cc(-c2ccc(Sc3ccc4ccc5cccc6ccc3c4c56)cc2)cc(-c2c3ccccc3c(-c3ccc4ccccc4c3)c3ccccc23)c1. The van der Waals surface area contributed by atoms with Gasteiger partial charge in [-0.25, -0.2) is 0 Å². The summed E-state index contributed by atoms with van der Waals surface area (Å²) in [5.74, 6) is 0. The topological polar surface area (TPSA) is 0 Å². The van der Waals surface area contributed by atoms with Crippen LogP contribution in [0.5, 0.6) is 0 Å². The second kappa shape index (κ2) is 12.1. The highest BCUT2D eigenvalue weighted by molar-refractivity contribution is 7.99. The van der Waals surface area contributed by atoms with E-state index in [1.807, 2.05) is 11.8 Å². The van der Waals surface area contributed by atoms with Crippen LogP contribution in [0.4, 0.5) is 0 Å². The smallest absolute Gasteiger partial charge is 0.0201 e. The lowest BCUT2D eigenvalue weighted by Crippen LogP contribution is -1.91. The summed E-state index contributed by atoms with van der Waals surface area (Å²) in [6, 6.07) is 71.8. The Kier molecular flexibility index (Phi) is 6.90. The van der Waals surface area contributed by atoms with Gasteiger partial charge in [-0.2, -0.15) is 0 Å². The molecule has 0 bridgehead atoms. The number of benzene rings is 11. The van der Waals surface area contributed by atoms with Gasteiger partial charge in [0.25, 0.3) is 0 Å². The molecule has 11 rings (SSSR count). The maximum absolute atomic E-state index is 2.37. The van der Waals surface area contributed by atoms with Crippen LogP contribution in [0.2, 0.25) is 0 Å². The first kappa shape index (κ1) is 30.2. The molecule has 0 atom stereocenters. The predicted molar refractivity (Wildman–Crippen MR) is 230 cm³/mol. The van der Waals surface area contributed by atoms with E-state index >= 15 is 0 Å². The van der Waals surface area contributed by atoms with E-state index in [-0.39, 0.29) is 0 Å². The molecule has 0 aliphatic rings. The fourth-order valence-electron chi connectivity index (χ4n) is 8.59. The Labute approximate surface area is 312 Å². The maximum Gasteiger partial charge on any atom is 0.0201 e. The summed E-state index contributed by atoms with van der Waals surface area (Å²) in [4.78, 5) is 2.53. The quantitative estimate of drug-likeness (QED) is 0.128. The van der Waals surface area contributed by atoms with Crippen LogP contribution in [0.1, 0.15) is 0 Å². The molecular weight excluding hydrogens is 657 g/mol. The van der Waals surface area contributed by atoms with Gasteiger partial charge in [-0.3, -0.25) is 0 Å². The zero-order chi connectivity index (χ0) is 34.9. The molecule has 0 unspecified atom stereocenters. The Morgan fingerprint density at radius 2 is 0.755 bits per heavy atom. The van der Waals surface area contributed by atoms with Gasteiger partial charge in [0.1, 0.15) is 0 Å². The first-order valence-electron chi connectivity index (χ1n) is 18.2. The van der Waals surface area contributed by atoms with E-state index in [1.165, 1.54) is 108 Å². The summed E-state index contributed by atoms with van der Waals surface area (Å²) in [5, 5.41) is 15.6. The van der Waals surface area contributed by atoms with Gasteiger partial charge in [-0.15, -0.1) is 0 Å². The number of rotatable bonds is 5. The van der Waals surface area contributed by atoms with Crippen molar-refractivity contribution in [1.82, 2.24) is 0 Å². The van der Waals surface area contributed by atoms with Crippen molar-refractivity contribution in [2.24, 2.45) is 0 Å². The van der Waals surface area contributed by atoms with Crippen molar-refractivity contribution in [3.05, 3.63) is 194 Å². The molecule has 11 aromatic carbocycles. The van der Waals surface area contributed by atoms with Gasteiger partial charge >= 0.3 is 0 Å². The fourth-order valence-corrected chi connectivity index (χ4v) is 9.53. The van der Waals surface area contributed by atoms with Crippen LogP contribution < -0.4 is 0 Å². The minimum atomic E-state index is 1.22. The van der Waals surface area contributed by atoms with Crippen LogP contribution in [0.15, 0.2) is 204 Å². The molecule has 0 spiro atoms. The molecule has 0 fully saturated rings. The lowest BCUT2D eigenvalue weighted by Gasteiger charge is -2.18. The highest BCUT2D eigenvalue weighted by atomic mass is 32.2. The minimum absolute atomic E-state index is 1.22. The molecule has 0 heterocycles. The van der Waals surface area contributed by atoms with Crippen LogP contribution in [-0.2, 0) is 0 Å². The summed E-state index contributed by atoms with van der Waals surface area (Å²) in [6.07, 6.45) is 0. The van der Waals surface area contributed by atoms with Crippen LogP contribution >= 0.6 is 11.8 Å². The van der Waals surface area contributed by atoms with Gasteiger partial charge in [-0.05, 0) is 128 Å². The maximum atomic E-state index is 2.37. The van der Waals surface area contributed by atoms with Gasteiger partial charge in [0.2, 0.25) is 0 Å². The first-order chi connectivity index (χ1) is 26.3. The lowest BCUT2D eigenvalue weighted by molar-refractivity contribution is 1.44. The molecule has 0 aliphatic heterocycles. The second-order valence-corrected chi connectivity index (χ2v) is 15.1. The van der Waals surface area contributed by atoms with Crippen LogP contribution in [0.25, 0.3) is 98.0 Å². The van der Waals surface area contributed by atoms with Crippen molar-refractivity contribution in [2.45, 2.75) is 9.79 Å². The molecule has 0 saturated carbocycles. The molecule has 0 aromatic heterocycles. The Balaban J connectivity index is 0.987. The average molecular weight is 689 g/mol. The largest absolute Gasteiger partial charge is 0.0894 e. The molecule has 11 aromatic rings. The molecule has 0 N–H and O–H groups in total. The third-order valence-electron chi connectivity index (χ3n) is 11.0. The van der Waals surface area contributed by atoms with Crippen molar-refractivity contribution in [2.75, 3.05) is 0 Å². The summed E-state index contributed by atoms with van der Waals surface area (Å²) >= 11 is 1.85. The summed E-state index contributed by atoms with van der Waals surface area (Å²) in [7, 11) is 0. The standard InChI is InChI=1S/C52H32S/c1-2-10-38-32-41(22-19-33(38)9-1)51-45-17-5-3-15-43(45)50(44-16-4-6-18-46(44)51)40-14-8-13-39(31-40)34-23-27-42(28-24-34)53-48-30-26-37-21-20-35-11-7-12-36-25-29-47(48)52(37)49(35)36/h1-32H. The molecule has 0 amide bonds. The summed E-state index contributed by atoms with van der Waals surface area (Å²) < 4.78 is 0. The zero-order valence-corrected chi connectivity index (χ0v) is 29.7. The molecule has 0 radical (unpaired) electrons.